The first-order valence-corrected chi connectivity index (χ1v) is 7.75. The predicted octanol–water partition coefficient (Wildman–Crippen LogP) is 1.78. The third-order valence-corrected chi connectivity index (χ3v) is 4.27. The number of halogens is 2. The number of nitrogens with zero attached hydrogens (tertiary/aromatic N) is 1. The van der Waals surface area contributed by atoms with Gasteiger partial charge in [0.25, 0.3) is 0 Å². The first-order chi connectivity index (χ1) is 9.24. The molecule has 1 aromatic carbocycles. The largest absolute Gasteiger partial charge is 0.338 e. The number of carbonyl (C=O) groups is 1. The molecule has 110 valence electrons. The monoisotopic (exact) mass is 303 g/mol. The minimum atomic E-state index is -4.58. The number of rotatable bonds is 4. The summed E-state index contributed by atoms with van der Waals surface area (Å²) in [5.41, 5.74) is 1.52. The number of aryl methyl sites for hydroxylation is 1. The van der Waals surface area contributed by atoms with E-state index in [2.05, 4.69) is 0 Å². The van der Waals surface area contributed by atoms with E-state index in [0.717, 1.165) is 5.56 Å². The van der Waals surface area contributed by atoms with Crippen LogP contribution in [0.1, 0.15) is 17.5 Å². The van der Waals surface area contributed by atoms with Crippen LogP contribution in [0.2, 0.25) is 0 Å². The van der Waals surface area contributed by atoms with Crippen molar-refractivity contribution >= 4 is 16.1 Å². The van der Waals surface area contributed by atoms with Crippen molar-refractivity contribution in [3.8, 4) is 0 Å². The Bertz CT molecular complexity index is 631. The van der Waals surface area contributed by atoms with E-state index in [9.17, 15) is 21.5 Å². The van der Waals surface area contributed by atoms with Gasteiger partial charge in [-0.05, 0) is 30.2 Å². The summed E-state index contributed by atoms with van der Waals surface area (Å²) in [6.45, 7) is 2.20. The quantitative estimate of drug-likeness (QED) is 0.797. The molecule has 0 spiro atoms. The molecular formula is C13H15F2NO3S. The van der Waals surface area contributed by atoms with Crippen LogP contribution in [0.3, 0.4) is 0 Å². The van der Waals surface area contributed by atoms with E-state index >= 15 is 0 Å². The maximum absolute atomic E-state index is 13.2. The van der Waals surface area contributed by atoms with Crippen LogP contribution >= 0.6 is 0 Å². The van der Waals surface area contributed by atoms with Gasteiger partial charge in [-0.25, -0.2) is 4.39 Å². The number of amides is 1. The van der Waals surface area contributed by atoms with Crippen molar-refractivity contribution in [2.75, 3.05) is 12.3 Å². The fourth-order valence-corrected chi connectivity index (χ4v) is 3.20. The zero-order valence-corrected chi connectivity index (χ0v) is 11.8. The lowest BCUT2D eigenvalue weighted by Gasteiger charge is -2.18. The SMILES string of the molecule is Cc1ccc(F)cc1CN1CC(CS(=O)(=O)F)CC1=O. The lowest BCUT2D eigenvalue weighted by atomic mass is 10.1. The highest BCUT2D eigenvalue weighted by Crippen LogP contribution is 2.23. The predicted molar refractivity (Wildman–Crippen MR) is 69.6 cm³/mol. The van der Waals surface area contributed by atoms with E-state index < -0.39 is 21.9 Å². The van der Waals surface area contributed by atoms with Crippen molar-refractivity contribution in [1.82, 2.24) is 4.90 Å². The second-order valence-corrected chi connectivity index (χ2v) is 6.53. The topological polar surface area (TPSA) is 54.5 Å². The molecule has 1 aromatic rings. The van der Waals surface area contributed by atoms with Gasteiger partial charge in [0.1, 0.15) is 5.82 Å². The Morgan fingerprint density at radius 3 is 2.75 bits per heavy atom. The van der Waals surface area contributed by atoms with Gasteiger partial charge in [0, 0.05) is 25.4 Å². The molecule has 1 heterocycles. The molecule has 1 unspecified atom stereocenters. The van der Waals surface area contributed by atoms with Crippen LogP contribution in [-0.2, 0) is 21.6 Å². The zero-order chi connectivity index (χ0) is 14.9. The smallest absolute Gasteiger partial charge is 0.302 e. The van der Waals surface area contributed by atoms with Gasteiger partial charge in [0.05, 0.1) is 5.75 Å². The molecule has 0 N–H and O–H groups in total. The van der Waals surface area contributed by atoms with Gasteiger partial charge in [-0.15, -0.1) is 3.89 Å². The highest BCUT2D eigenvalue weighted by atomic mass is 32.3. The van der Waals surface area contributed by atoms with Gasteiger partial charge >= 0.3 is 10.2 Å². The first-order valence-electron chi connectivity index (χ1n) is 6.20. The summed E-state index contributed by atoms with van der Waals surface area (Å²) in [4.78, 5) is 13.2. The lowest BCUT2D eigenvalue weighted by molar-refractivity contribution is -0.128. The average molecular weight is 303 g/mol. The second kappa shape index (κ2) is 5.47. The summed E-state index contributed by atoms with van der Waals surface area (Å²) in [7, 11) is -4.58. The average Bonchev–Trinajstić information content (AvgIpc) is 2.62. The van der Waals surface area contributed by atoms with Crippen LogP contribution in [0.15, 0.2) is 18.2 Å². The maximum Gasteiger partial charge on any atom is 0.302 e. The van der Waals surface area contributed by atoms with Crippen molar-refractivity contribution in [1.29, 1.82) is 0 Å². The molecule has 2 rings (SSSR count). The number of hydrogen-bond acceptors (Lipinski definition) is 3. The summed E-state index contributed by atoms with van der Waals surface area (Å²) >= 11 is 0. The van der Waals surface area contributed by atoms with Crippen molar-refractivity contribution in [3.63, 3.8) is 0 Å². The standard InChI is InChI=1S/C13H15F2NO3S/c1-9-2-3-12(14)5-11(9)7-16-6-10(4-13(16)17)8-20(15,18)19/h2-3,5,10H,4,6-8H2,1H3. The molecule has 1 aliphatic heterocycles. The highest BCUT2D eigenvalue weighted by molar-refractivity contribution is 7.86. The summed E-state index contributed by atoms with van der Waals surface area (Å²) in [5.74, 6) is -1.80. The number of likely N-dealkylation sites (tertiary alicyclic amines) is 1. The van der Waals surface area contributed by atoms with Crippen LogP contribution in [0.25, 0.3) is 0 Å². The van der Waals surface area contributed by atoms with Gasteiger partial charge in [-0.2, -0.15) is 8.42 Å². The summed E-state index contributed by atoms with van der Waals surface area (Å²) < 4.78 is 47.0. The molecule has 7 heteroatoms. The molecule has 0 aromatic heterocycles. The molecule has 1 saturated heterocycles. The fraction of sp³-hybridized carbons (Fsp3) is 0.462. The molecule has 0 aliphatic carbocycles. The molecule has 1 fully saturated rings. The Hall–Kier alpha value is -1.50. The molecule has 20 heavy (non-hydrogen) atoms. The van der Waals surface area contributed by atoms with E-state index in [0.29, 0.717) is 5.56 Å². The Morgan fingerprint density at radius 2 is 2.10 bits per heavy atom. The number of carbonyl (C=O) groups excluding carboxylic acids is 1. The Morgan fingerprint density at radius 1 is 1.40 bits per heavy atom. The Labute approximate surface area is 116 Å². The van der Waals surface area contributed by atoms with E-state index in [1.807, 2.05) is 0 Å². The van der Waals surface area contributed by atoms with Crippen molar-refractivity contribution < 1.29 is 21.5 Å². The molecular weight excluding hydrogens is 288 g/mol. The van der Waals surface area contributed by atoms with Crippen molar-refractivity contribution in [2.24, 2.45) is 5.92 Å². The summed E-state index contributed by atoms with van der Waals surface area (Å²) in [6, 6.07) is 4.31. The van der Waals surface area contributed by atoms with Gasteiger partial charge in [-0.1, -0.05) is 6.07 Å². The third-order valence-electron chi connectivity index (χ3n) is 3.40. The van der Waals surface area contributed by atoms with Crippen LogP contribution < -0.4 is 0 Å². The fourth-order valence-electron chi connectivity index (χ4n) is 2.42. The Balaban J connectivity index is 2.07. The van der Waals surface area contributed by atoms with E-state index in [-0.39, 0.29) is 31.2 Å². The minimum absolute atomic E-state index is 0.0114. The molecule has 1 aliphatic rings. The minimum Gasteiger partial charge on any atom is -0.338 e. The molecule has 1 amide bonds. The first kappa shape index (κ1) is 14.9. The molecule has 1 atom stereocenters. The van der Waals surface area contributed by atoms with Crippen LogP contribution in [0.4, 0.5) is 8.28 Å². The number of hydrogen-bond donors (Lipinski definition) is 0. The van der Waals surface area contributed by atoms with Crippen molar-refractivity contribution in [2.45, 2.75) is 19.9 Å². The molecule has 0 saturated carbocycles. The maximum atomic E-state index is 13.2. The van der Waals surface area contributed by atoms with Crippen LogP contribution in [0.5, 0.6) is 0 Å². The molecule has 0 radical (unpaired) electrons. The van der Waals surface area contributed by atoms with E-state index in [4.69, 9.17) is 0 Å². The van der Waals surface area contributed by atoms with Gasteiger partial charge in [0.2, 0.25) is 5.91 Å². The summed E-state index contributed by atoms with van der Waals surface area (Å²) in [5, 5.41) is 0. The molecule has 4 nitrogen and oxygen atoms in total. The van der Waals surface area contributed by atoms with E-state index in [1.54, 1.807) is 13.0 Å². The number of benzene rings is 1. The lowest BCUT2D eigenvalue weighted by Crippen LogP contribution is -2.25. The van der Waals surface area contributed by atoms with Gasteiger partial charge in [-0.3, -0.25) is 4.79 Å². The summed E-state index contributed by atoms with van der Waals surface area (Å²) in [6.07, 6.45) is 0.0114. The van der Waals surface area contributed by atoms with Gasteiger partial charge in [0.15, 0.2) is 0 Å². The zero-order valence-electron chi connectivity index (χ0n) is 11.0. The third kappa shape index (κ3) is 3.75. The van der Waals surface area contributed by atoms with Gasteiger partial charge < -0.3 is 4.90 Å². The van der Waals surface area contributed by atoms with Crippen LogP contribution in [-0.4, -0.2) is 31.5 Å². The van der Waals surface area contributed by atoms with Crippen LogP contribution in [0, 0.1) is 18.7 Å². The highest BCUT2D eigenvalue weighted by Gasteiger charge is 2.32. The normalized spacial score (nSPS) is 19.6. The van der Waals surface area contributed by atoms with Crippen molar-refractivity contribution in [3.05, 3.63) is 35.1 Å². The second-order valence-electron chi connectivity index (χ2n) is 5.12. The Kier molecular flexibility index (Phi) is 4.08. The van der Waals surface area contributed by atoms with E-state index in [1.165, 1.54) is 17.0 Å². The molecule has 0 bridgehead atoms.